The van der Waals surface area contributed by atoms with Gasteiger partial charge in [0, 0.05) is 6.54 Å². The van der Waals surface area contributed by atoms with Gasteiger partial charge in [-0.05, 0) is 20.5 Å². The van der Waals surface area contributed by atoms with Crippen molar-refractivity contribution in [2.45, 2.75) is 13.3 Å². The predicted molar refractivity (Wildman–Crippen MR) is 48.1 cm³/mol. The van der Waals surface area contributed by atoms with E-state index in [0.29, 0.717) is 6.54 Å². The second-order valence-corrected chi connectivity index (χ2v) is 4.00. The van der Waals surface area contributed by atoms with E-state index in [-0.39, 0.29) is 0 Å². The molecule has 0 spiro atoms. The minimum atomic E-state index is -2.94. The van der Waals surface area contributed by atoms with Gasteiger partial charge in [0.1, 0.15) is 0 Å². The van der Waals surface area contributed by atoms with Crippen molar-refractivity contribution >= 4 is 10.0 Å². The van der Waals surface area contributed by atoms with E-state index in [1.807, 2.05) is 21.0 Å². The van der Waals surface area contributed by atoms with Crippen LogP contribution in [0.2, 0.25) is 0 Å². The van der Waals surface area contributed by atoms with Crippen LogP contribution in [-0.2, 0) is 10.0 Å². The molecule has 0 heterocycles. The molecule has 0 atom stereocenters. The summed E-state index contributed by atoms with van der Waals surface area (Å²) in [5.41, 5.74) is 0. The zero-order chi connectivity index (χ0) is 9.33. The van der Waals surface area contributed by atoms with E-state index in [1.165, 1.54) is 0 Å². The Balaban J connectivity index is 0. The van der Waals surface area contributed by atoms with Crippen LogP contribution in [0.25, 0.3) is 0 Å². The minimum Gasteiger partial charge on any atom is -0.323 e. The first kappa shape index (κ1) is 13.5. The van der Waals surface area contributed by atoms with Crippen LogP contribution in [0.4, 0.5) is 0 Å². The molecule has 2 N–H and O–H groups in total. The van der Waals surface area contributed by atoms with Gasteiger partial charge >= 0.3 is 0 Å². The summed E-state index contributed by atoms with van der Waals surface area (Å²) in [5, 5.41) is 2.75. The van der Waals surface area contributed by atoms with Gasteiger partial charge in [-0.3, -0.25) is 0 Å². The molecule has 0 aromatic carbocycles. The Morgan fingerprint density at radius 3 is 1.73 bits per heavy atom. The summed E-state index contributed by atoms with van der Waals surface area (Å²) in [6.07, 6.45) is 2.00. The summed E-state index contributed by atoms with van der Waals surface area (Å²) in [6.45, 7) is 2.46. The third kappa shape index (κ3) is 25.8. The standard InChI is InChI=1S/C4H11NO2S.C2H7N/c1-3-4-5-8(2,6)7;1-3-2/h5H,3-4H2,1-2H3;3H,1-2H3. The lowest BCUT2D eigenvalue weighted by Gasteiger charge is -1.95. The van der Waals surface area contributed by atoms with Crippen molar-refractivity contribution in [3.8, 4) is 0 Å². The molecule has 0 saturated heterocycles. The van der Waals surface area contributed by atoms with Gasteiger partial charge in [0.2, 0.25) is 10.0 Å². The van der Waals surface area contributed by atoms with Crippen molar-refractivity contribution in [1.29, 1.82) is 0 Å². The number of nitrogens with one attached hydrogen (secondary N) is 2. The molecular weight excluding hydrogens is 164 g/mol. The Morgan fingerprint density at radius 2 is 1.64 bits per heavy atom. The van der Waals surface area contributed by atoms with Crippen molar-refractivity contribution in [2.75, 3.05) is 26.9 Å². The molecule has 70 valence electrons. The van der Waals surface area contributed by atoms with Gasteiger partial charge in [0.05, 0.1) is 6.26 Å². The molecule has 0 radical (unpaired) electrons. The average Bonchev–Trinajstić information content (AvgIpc) is 1.84. The molecule has 0 aliphatic heterocycles. The van der Waals surface area contributed by atoms with Crippen LogP contribution in [-0.4, -0.2) is 35.3 Å². The van der Waals surface area contributed by atoms with E-state index in [1.54, 1.807) is 0 Å². The van der Waals surface area contributed by atoms with E-state index < -0.39 is 10.0 Å². The normalized spacial score (nSPS) is 10.2. The van der Waals surface area contributed by atoms with Crippen LogP contribution >= 0.6 is 0 Å². The second kappa shape index (κ2) is 7.97. The topological polar surface area (TPSA) is 58.2 Å². The highest BCUT2D eigenvalue weighted by atomic mass is 32.2. The molecule has 0 saturated carbocycles. The summed E-state index contributed by atoms with van der Waals surface area (Å²) in [4.78, 5) is 0. The lowest BCUT2D eigenvalue weighted by Crippen LogP contribution is -2.22. The molecule has 0 unspecified atom stereocenters. The molecule has 0 aromatic heterocycles. The Labute approximate surface area is 69.4 Å². The lowest BCUT2D eigenvalue weighted by atomic mass is 10.5. The van der Waals surface area contributed by atoms with Gasteiger partial charge in [0.15, 0.2) is 0 Å². The zero-order valence-corrected chi connectivity index (χ0v) is 8.46. The largest absolute Gasteiger partial charge is 0.323 e. The average molecular weight is 182 g/mol. The maximum Gasteiger partial charge on any atom is 0.208 e. The lowest BCUT2D eigenvalue weighted by molar-refractivity contribution is 0.587. The van der Waals surface area contributed by atoms with Gasteiger partial charge in [-0.15, -0.1) is 0 Å². The smallest absolute Gasteiger partial charge is 0.208 e. The molecule has 4 nitrogen and oxygen atoms in total. The molecule has 5 heteroatoms. The Morgan fingerprint density at radius 1 is 1.27 bits per heavy atom. The molecule has 11 heavy (non-hydrogen) atoms. The van der Waals surface area contributed by atoms with E-state index in [0.717, 1.165) is 12.7 Å². The highest BCUT2D eigenvalue weighted by Gasteiger charge is 1.94. The number of hydrogen-bond acceptors (Lipinski definition) is 3. The fourth-order valence-corrected chi connectivity index (χ4v) is 0.862. The van der Waals surface area contributed by atoms with E-state index in [4.69, 9.17) is 0 Å². The van der Waals surface area contributed by atoms with Gasteiger partial charge in [-0.25, -0.2) is 13.1 Å². The molecule has 0 rings (SSSR count). The van der Waals surface area contributed by atoms with Crippen molar-refractivity contribution < 1.29 is 8.42 Å². The fraction of sp³-hybridized carbons (Fsp3) is 1.00. The van der Waals surface area contributed by atoms with Crippen molar-refractivity contribution in [2.24, 2.45) is 0 Å². The SMILES string of the molecule is CCCNS(C)(=O)=O.CNC. The predicted octanol–water partition coefficient (Wildman–Crippen LogP) is -0.219. The molecule has 0 bridgehead atoms. The summed E-state index contributed by atoms with van der Waals surface area (Å²) in [7, 11) is 0.814. The Hall–Kier alpha value is -0.130. The first-order valence-corrected chi connectivity index (χ1v) is 5.40. The highest BCUT2D eigenvalue weighted by molar-refractivity contribution is 7.88. The fourth-order valence-electron chi connectivity index (χ4n) is 0.287. The van der Waals surface area contributed by atoms with Crippen LogP contribution in [0.5, 0.6) is 0 Å². The van der Waals surface area contributed by atoms with Crippen LogP contribution in [0.1, 0.15) is 13.3 Å². The summed E-state index contributed by atoms with van der Waals surface area (Å²) >= 11 is 0. The summed E-state index contributed by atoms with van der Waals surface area (Å²) in [5.74, 6) is 0. The third-order valence-electron chi connectivity index (χ3n) is 0.614. The third-order valence-corrected chi connectivity index (χ3v) is 1.34. The first-order valence-electron chi connectivity index (χ1n) is 3.51. The van der Waals surface area contributed by atoms with Gasteiger partial charge in [-0.1, -0.05) is 6.92 Å². The van der Waals surface area contributed by atoms with Crippen LogP contribution < -0.4 is 10.0 Å². The highest BCUT2D eigenvalue weighted by Crippen LogP contribution is 1.74. The zero-order valence-electron chi connectivity index (χ0n) is 7.64. The number of hydrogen-bond donors (Lipinski definition) is 2. The molecule has 0 aliphatic rings. The van der Waals surface area contributed by atoms with E-state index in [2.05, 4.69) is 10.0 Å². The number of rotatable bonds is 3. The van der Waals surface area contributed by atoms with Gasteiger partial charge in [-0.2, -0.15) is 0 Å². The summed E-state index contributed by atoms with van der Waals surface area (Å²) < 4.78 is 22.9. The molecule has 0 aromatic rings. The van der Waals surface area contributed by atoms with Crippen LogP contribution in [0.15, 0.2) is 0 Å². The molecule has 0 amide bonds. The minimum absolute atomic E-state index is 0.541. The number of sulfonamides is 1. The van der Waals surface area contributed by atoms with Gasteiger partial charge < -0.3 is 5.32 Å². The van der Waals surface area contributed by atoms with Gasteiger partial charge in [0.25, 0.3) is 0 Å². The maximum atomic E-state index is 10.3. The van der Waals surface area contributed by atoms with Crippen LogP contribution in [0.3, 0.4) is 0 Å². The van der Waals surface area contributed by atoms with E-state index >= 15 is 0 Å². The first-order chi connectivity index (χ1) is 4.97. The van der Waals surface area contributed by atoms with Crippen molar-refractivity contribution in [3.63, 3.8) is 0 Å². The monoisotopic (exact) mass is 182 g/mol. The second-order valence-electron chi connectivity index (χ2n) is 2.17. The van der Waals surface area contributed by atoms with Crippen molar-refractivity contribution in [3.05, 3.63) is 0 Å². The molecule has 0 aliphatic carbocycles. The summed E-state index contributed by atoms with van der Waals surface area (Å²) in [6, 6.07) is 0. The molecular formula is C6H18N2O2S. The Bertz CT molecular complexity index is 154. The van der Waals surface area contributed by atoms with E-state index in [9.17, 15) is 8.42 Å². The van der Waals surface area contributed by atoms with Crippen molar-refractivity contribution in [1.82, 2.24) is 10.0 Å². The van der Waals surface area contributed by atoms with Crippen LogP contribution in [0, 0.1) is 0 Å². The molecule has 0 fully saturated rings. The Kier molecular flexibility index (Phi) is 9.75. The maximum absolute atomic E-state index is 10.3. The quantitative estimate of drug-likeness (QED) is 0.634.